The van der Waals surface area contributed by atoms with Crippen LogP contribution in [0.25, 0.3) is 0 Å². The highest BCUT2D eigenvalue weighted by atomic mass is 32.2. The summed E-state index contributed by atoms with van der Waals surface area (Å²) in [5.74, 6) is 3.74. The molecule has 2 heterocycles. The molecule has 0 aromatic heterocycles. The van der Waals surface area contributed by atoms with Crippen LogP contribution in [-0.2, 0) is 5.75 Å². The van der Waals surface area contributed by atoms with E-state index in [0.29, 0.717) is 10.8 Å². The smallest absolute Gasteiger partial charge is 0.0415 e. The van der Waals surface area contributed by atoms with E-state index in [0.717, 1.165) is 6.54 Å². The minimum Gasteiger partial charge on any atom is -0.308 e. The lowest BCUT2D eigenvalue weighted by molar-refractivity contribution is 0.491. The van der Waals surface area contributed by atoms with E-state index in [2.05, 4.69) is 60.0 Å². The van der Waals surface area contributed by atoms with Gasteiger partial charge in [-0.25, -0.2) is 0 Å². The maximum absolute atomic E-state index is 3.82. The largest absolute Gasteiger partial charge is 0.308 e. The lowest BCUT2D eigenvalue weighted by Crippen LogP contribution is -2.37. The van der Waals surface area contributed by atoms with Crippen molar-refractivity contribution in [3.63, 3.8) is 0 Å². The normalized spacial score (nSPS) is 31.3. The van der Waals surface area contributed by atoms with Crippen molar-refractivity contribution in [1.82, 2.24) is 5.32 Å². The van der Waals surface area contributed by atoms with Crippen LogP contribution in [0.1, 0.15) is 36.9 Å². The van der Waals surface area contributed by atoms with Crippen LogP contribution in [0.2, 0.25) is 0 Å². The van der Waals surface area contributed by atoms with Crippen molar-refractivity contribution >= 4 is 23.5 Å². The Labute approximate surface area is 119 Å². The topological polar surface area (TPSA) is 12.0 Å². The van der Waals surface area contributed by atoms with Gasteiger partial charge < -0.3 is 5.32 Å². The first kappa shape index (κ1) is 12.9. The number of fused-ring (bicyclic) bond motifs is 1. The molecule has 0 radical (unpaired) electrons. The summed E-state index contributed by atoms with van der Waals surface area (Å²) in [6.45, 7) is 3.57. The molecular weight excluding hydrogens is 258 g/mol. The second-order valence-corrected chi connectivity index (χ2v) is 8.26. The zero-order chi connectivity index (χ0) is 12.4. The van der Waals surface area contributed by atoms with Gasteiger partial charge in [0.25, 0.3) is 0 Å². The van der Waals surface area contributed by atoms with Crippen molar-refractivity contribution in [2.24, 2.45) is 0 Å². The molecule has 2 atom stereocenters. The van der Waals surface area contributed by atoms with Crippen LogP contribution in [0, 0.1) is 0 Å². The summed E-state index contributed by atoms with van der Waals surface area (Å²) in [6.07, 6.45) is 2.75. The average molecular weight is 279 g/mol. The Balaban J connectivity index is 1.67. The summed E-state index contributed by atoms with van der Waals surface area (Å²) in [6, 6.07) is 9.47. The molecule has 18 heavy (non-hydrogen) atoms. The van der Waals surface area contributed by atoms with Crippen molar-refractivity contribution < 1.29 is 0 Å². The first-order chi connectivity index (χ1) is 8.77. The van der Waals surface area contributed by atoms with Crippen molar-refractivity contribution in [3.05, 3.63) is 35.4 Å². The third-order valence-corrected chi connectivity index (χ3v) is 6.62. The Morgan fingerprint density at radius 1 is 1.39 bits per heavy atom. The van der Waals surface area contributed by atoms with E-state index in [1.165, 1.54) is 41.2 Å². The third-order valence-electron chi connectivity index (χ3n) is 4.00. The summed E-state index contributed by atoms with van der Waals surface area (Å²) in [5, 5.41) is 3.82. The standard InChI is InChI=1S/C15H21NS2/c1-15(7-4-8-18-15)11-16-14-10-17-9-12-5-2-3-6-13(12)14/h2-3,5-6,14,16H,4,7-11H2,1H3. The average Bonchev–Trinajstić information content (AvgIpc) is 2.84. The van der Waals surface area contributed by atoms with Crippen molar-refractivity contribution in [1.29, 1.82) is 0 Å². The SMILES string of the molecule is CC1(CNC2CSCc3ccccc32)CCCS1. The third kappa shape index (κ3) is 2.73. The molecule has 1 fully saturated rings. The molecule has 2 aliphatic rings. The van der Waals surface area contributed by atoms with E-state index in [-0.39, 0.29) is 0 Å². The highest BCUT2D eigenvalue weighted by Crippen LogP contribution is 2.38. The fourth-order valence-electron chi connectivity index (χ4n) is 2.87. The fraction of sp³-hybridized carbons (Fsp3) is 0.600. The maximum Gasteiger partial charge on any atom is 0.0415 e. The van der Waals surface area contributed by atoms with Gasteiger partial charge in [-0.05, 0) is 36.6 Å². The van der Waals surface area contributed by atoms with E-state index in [1.54, 1.807) is 0 Å². The van der Waals surface area contributed by atoms with Gasteiger partial charge in [-0.1, -0.05) is 24.3 Å². The summed E-state index contributed by atoms with van der Waals surface area (Å²) in [5.41, 5.74) is 3.05. The van der Waals surface area contributed by atoms with E-state index in [9.17, 15) is 0 Å². The molecule has 3 rings (SSSR count). The van der Waals surface area contributed by atoms with Gasteiger partial charge in [0.2, 0.25) is 0 Å². The van der Waals surface area contributed by atoms with Crippen LogP contribution < -0.4 is 5.32 Å². The van der Waals surface area contributed by atoms with Crippen LogP contribution >= 0.6 is 23.5 Å². The van der Waals surface area contributed by atoms with E-state index < -0.39 is 0 Å². The molecule has 3 heteroatoms. The van der Waals surface area contributed by atoms with Gasteiger partial charge in [0.1, 0.15) is 0 Å². The van der Waals surface area contributed by atoms with Gasteiger partial charge >= 0.3 is 0 Å². The molecule has 2 aliphatic heterocycles. The summed E-state index contributed by atoms with van der Waals surface area (Å²) in [4.78, 5) is 0. The molecule has 0 bridgehead atoms. The number of hydrogen-bond donors (Lipinski definition) is 1. The summed E-state index contributed by atoms with van der Waals surface area (Å²) >= 11 is 4.20. The molecule has 0 spiro atoms. The number of benzene rings is 1. The molecule has 1 nitrogen and oxygen atoms in total. The second-order valence-electron chi connectivity index (χ2n) is 5.55. The Morgan fingerprint density at radius 3 is 3.11 bits per heavy atom. The van der Waals surface area contributed by atoms with Gasteiger partial charge in [0, 0.05) is 28.8 Å². The van der Waals surface area contributed by atoms with Gasteiger partial charge in [-0.2, -0.15) is 23.5 Å². The number of rotatable bonds is 3. The summed E-state index contributed by atoms with van der Waals surface area (Å²) in [7, 11) is 0. The van der Waals surface area contributed by atoms with Crippen LogP contribution in [0.3, 0.4) is 0 Å². The minimum absolute atomic E-state index is 0.469. The molecule has 1 saturated heterocycles. The van der Waals surface area contributed by atoms with Gasteiger partial charge in [0.05, 0.1) is 0 Å². The molecule has 2 unspecified atom stereocenters. The van der Waals surface area contributed by atoms with Crippen molar-refractivity contribution in [2.45, 2.75) is 36.3 Å². The molecule has 1 aromatic carbocycles. The number of thioether (sulfide) groups is 2. The van der Waals surface area contributed by atoms with Crippen LogP contribution in [-0.4, -0.2) is 22.8 Å². The molecule has 0 saturated carbocycles. The lowest BCUT2D eigenvalue weighted by atomic mass is 10.00. The monoisotopic (exact) mass is 279 g/mol. The number of nitrogens with one attached hydrogen (secondary N) is 1. The Bertz CT molecular complexity index is 413. The maximum atomic E-state index is 3.82. The zero-order valence-corrected chi connectivity index (χ0v) is 12.6. The second kappa shape index (κ2) is 5.48. The van der Waals surface area contributed by atoms with Gasteiger partial charge in [-0.3, -0.25) is 0 Å². The highest BCUT2D eigenvalue weighted by molar-refractivity contribution is 8.00. The van der Waals surface area contributed by atoms with E-state index >= 15 is 0 Å². The van der Waals surface area contributed by atoms with Crippen LogP contribution in [0.4, 0.5) is 0 Å². The predicted octanol–water partition coefficient (Wildman–Crippen LogP) is 3.85. The quantitative estimate of drug-likeness (QED) is 0.902. The first-order valence-corrected chi connectivity index (χ1v) is 8.94. The first-order valence-electron chi connectivity index (χ1n) is 6.80. The molecule has 0 amide bonds. The van der Waals surface area contributed by atoms with Crippen molar-refractivity contribution in [2.75, 3.05) is 18.1 Å². The van der Waals surface area contributed by atoms with Crippen LogP contribution in [0.15, 0.2) is 24.3 Å². The molecule has 0 aliphatic carbocycles. The predicted molar refractivity (Wildman–Crippen MR) is 83.4 cm³/mol. The van der Waals surface area contributed by atoms with Gasteiger partial charge in [-0.15, -0.1) is 0 Å². The minimum atomic E-state index is 0.469. The Hall–Kier alpha value is -0.120. The van der Waals surface area contributed by atoms with Gasteiger partial charge in [0.15, 0.2) is 0 Å². The number of hydrogen-bond acceptors (Lipinski definition) is 3. The molecular formula is C15H21NS2. The molecule has 1 aromatic rings. The zero-order valence-electron chi connectivity index (χ0n) is 10.9. The molecule has 98 valence electrons. The summed E-state index contributed by atoms with van der Waals surface area (Å²) < 4.78 is 0.469. The highest BCUT2D eigenvalue weighted by Gasteiger charge is 2.30. The Morgan fingerprint density at radius 2 is 2.28 bits per heavy atom. The van der Waals surface area contributed by atoms with E-state index in [1.807, 2.05) is 0 Å². The van der Waals surface area contributed by atoms with Crippen molar-refractivity contribution in [3.8, 4) is 0 Å². The molecule has 1 N–H and O–H groups in total. The fourth-order valence-corrected chi connectivity index (χ4v) is 5.26. The Kier molecular flexibility index (Phi) is 3.92. The van der Waals surface area contributed by atoms with E-state index in [4.69, 9.17) is 0 Å². The lowest BCUT2D eigenvalue weighted by Gasteiger charge is -2.30. The van der Waals surface area contributed by atoms with Crippen LogP contribution in [0.5, 0.6) is 0 Å².